The maximum Gasteiger partial charge on any atom is 0.123 e. The number of nitrogens with one attached hydrogen (secondary N) is 1. The molecule has 1 aromatic rings. The Morgan fingerprint density at radius 2 is 2.17 bits per heavy atom. The van der Waals surface area contributed by atoms with Crippen molar-refractivity contribution in [3.05, 3.63) is 34.6 Å². The van der Waals surface area contributed by atoms with Gasteiger partial charge in [0.1, 0.15) is 5.82 Å². The predicted molar refractivity (Wildman–Crippen MR) is 71.2 cm³/mol. The second-order valence-electron chi connectivity index (χ2n) is 5.44. The summed E-state index contributed by atoms with van der Waals surface area (Å²) >= 11 is 6.12. The molecule has 2 fully saturated rings. The van der Waals surface area contributed by atoms with Gasteiger partial charge in [-0.1, -0.05) is 11.6 Å². The number of hydrogen-bond acceptors (Lipinski definition) is 2. The summed E-state index contributed by atoms with van der Waals surface area (Å²) in [5, 5.41) is 4.13. The van der Waals surface area contributed by atoms with Crippen LogP contribution in [0.1, 0.15) is 12.0 Å². The topological polar surface area (TPSA) is 15.3 Å². The maximum atomic E-state index is 13.2. The summed E-state index contributed by atoms with van der Waals surface area (Å²) in [6.07, 6.45) is 1.24. The highest BCUT2D eigenvalue weighted by Crippen LogP contribution is 2.28. The fourth-order valence-electron chi connectivity index (χ4n) is 3.16. The lowest BCUT2D eigenvalue weighted by molar-refractivity contribution is 0.142. The molecule has 0 amide bonds. The molecule has 18 heavy (non-hydrogen) atoms. The van der Waals surface area contributed by atoms with Crippen LogP contribution in [0.5, 0.6) is 0 Å². The van der Waals surface area contributed by atoms with Crippen molar-refractivity contribution in [2.45, 2.75) is 13.0 Å². The van der Waals surface area contributed by atoms with Gasteiger partial charge in [0.25, 0.3) is 0 Å². The molecule has 4 heteroatoms. The van der Waals surface area contributed by atoms with E-state index in [1.165, 1.54) is 19.0 Å². The number of fused-ring (bicyclic) bond motifs is 1. The summed E-state index contributed by atoms with van der Waals surface area (Å²) in [6, 6.07) is 4.62. The third kappa shape index (κ3) is 2.53. The van der Waals surface area contributed by atoms with E-state index < -0.39 is 0 Å². The minimum absolute atomic E-state index is 0.202. The van der Waals surface area contributed by atoms with Crippen molar-refractivity contribution >= 4 is 11.6 Å². The van der Waals surface area contributed by atoms with Crippen LogP contribution < -0.4 is 5.32 Å². The molecule has 2 nitrogen and oxygen atoms in total. The molecular formula is C14H18ClFN2. The zero-order chi connectivity index (χ0) is 12.5. The van der Waals surface area contributed by atoms with E-state index in [0.717, 1.165) is 43.6 Å². The molecule has 0 aliphatic carbocycles. The van der Waals surface area contributed by atoms with Gasteiger partial charge in [0.05, 0.1) is 0 Å². The van der Waals surface area contributed by atoms with Gasteiger partial charge < -0.3 is 5.32 Å². The molecule has 0 spiro atoms. The first-order valence-electron chi connectivity index (χ1n) is 6.59. The smallest absolute Gasteiger partial charge is 0.123 e. The van der Waals surface area contributed by atoms with Gasteiger partial charge in [-0.05, 0) is 61.7 Å². The van der Waals surface area contributed by atoms with Crippen LogP contribution >= 0.6 is 11.6 Å². The second kappa shape index (κ2) is 5.16. The number of nitrogens with zero attached hydrogens (tertiary/aromatic N) is 1. The summed E-state index contributed by atoms with van der Waals surface area (Å²) in [5.74, 6) is 1.39. The summed E-state index contributed by atoms with van der Waals surface area (Å²) in [6.45, 7) is 5.25. The molecule has 2 saturated heterocycles. The first kappa shape index (κ1) is 12.4. The molecule has 0 radical (unpaired) electrons. The molecule has 1 aromatic carbocycles. The van der Waals surface area contributed by atoms with Gasteiger partial charge in [-0.3, -0.25) is 4.90 Å². The zero-order valence-corrected chi connectivity index (χ0v) is 11.1. The van der Waals surface area contributed by atoms with E-state index in [-0.39, 0.29) is 5.82 Å². The first-order chi connectivity index (χ1) is 8.72. The Hall–Kier alpha value is -0.640. The van der Waals surface area contributed by atoms with E-state index in [2.05, 4.69) is 10.2 Å². The van der Waals surface area contributed by atoms with Crippen LogP contribution in [0.2, 0.25) is 5.02 Å². The SMILES string of the molecule is Fc1ccc(Cl)c(CN2CCC3CNCC3C2)c1. The van der Waals surface area contributed by atoms with Gasteiger partial charge in [-0.25, -0.2) is 4.39 Å². The number of hydrogen-bond donors (Lipinski definition) is 1. The number of likely N-dealkylation sites (tertiary alicyclic amines) is 1. The predicted octanol–water partition coefficient (Wildman–Crippen LogP) is 2.52. The summed E-state index contributed by atoms with van der Waals surface area (Å²) in [4.78, 5) is 2.40. The van der Waals surface area contributed by atoms with Crippen LogP contribution in [-0.4, -0.2) is 31.1 Å². The zero-order valence-electron chi connectivity index (χ0n) is 10.3. The lowest BCUT2D eigenvalue weighted by atomic mass is 9.88. The Labute approximate surface area is 112 Å². The number of piperidine rings is 1. The average Bonchev–Trinajstić information content (AvgIpc) is 2.81. The number of halogens is 2. The van der Waals surface area contributed by atoms with E-state index in [1.54, 1.807) is 12.1 Å². The fraction of sp³-hybridized carbons (Fsp3) is 0.571. The molecule has 1 N–H and O–H groups in total. The fourth-order valence-corrected chi connectivity index (χ4v) is 3.34. The molecule has 2 atom stereocenters. The highest BCUT2D eigenvalue weighted by molar-refractivity contribution is 6.31. The lowest BCUT2D eigenvalue weighted by Gasteiger charge is -2.34. The van der Waals surface area contributed by atoms with Crippen molar-refractivity contribution in [2.75, 3.05) is 26.2 Å². The Morgan fingerprint density at radius 1 is 1.33 bits per heavy atom. The third-order valence-electron chi connectivity index (χ3n) is 4.19. The normalized spacial score (nSPS) is 28.3. The van der Waals surface area contributed by atoms with Crippen molar-refractivity contribution in [3.63, 3.8) is 0 Å². The second-order valence-corrected chi connectivity index (χ2v) is 5.85. The van der Waals surface area contributed by atoms with Crippen molar-refractivity contribution in [1.29, 1.82) is 0 Å². The summed E-state index contributed by atoms with van der Waals surface area (Å²) in [5.41, 5.74) is 0.904. The van der Waals surface area contributed by atoms with Gasteiger partial charge in [0, 0.05) is 18.1 Å². The quantitative estimate of drug-likeness (QED) is 0.887. The Balaban J connectivity index is 1.67. The minimum Gasteiger partial charge on any atom is -0.316 e. The summed E-state index contributed by atoms with van der Waals surface area (Å²) in [7, 11) is 0. The van der Waals surface area contributed by atoms with E-state index in [9.17, 15) is 4.39 Å². The molecule has 2 unspecified atom stereocenters. The van der Waals surface area contributed by atoms with Crippen LogP contribution in [0, 0.1) is 17.7 Å². The van der Waals surface area contributed by atoms with E-state index in [1.807, 2.05) is 0 Å². The largest absolute Gasteiger partial charge is 0.316 e. The van der Waals surface area contributed by atoms with E-state index in [4.69, 9.17) is 11.6 Å². The Morgan fingerprint density at radius 3 is 3.06 bits per heavy atom. The number of benzene rings is 1. The minimum atomic E-state index is -0.202. The maximum absolute atomic E-state index is 13.2. The molecule has 2 aliphatic rings. The van der Waals surface area contributed by atoms with Gasteiger partial charge in [-0.2, -0.15) is 0 Å². The standard InChI is InChI=1S/C14H18ClFN2/c15-14-2-1-13(16)5-11(14)8-18-4-3-10-6-17-7-12(10)9-18/h1-2,5,10,12,17H,3-4,6-9H2. The first-order valence-corrected chi connectivity index (χ1v) is 6.97. The average molecular weight is 269 g/mol. The van der Waals surface area contributed by atoms with E-state index >= 15 is 0 Å². The van der Waals surface area contributed by atoms with Crippen molar-refractivity contribution in [1.82, 2.24) is 10.2 Å². The molecule has 0 aromatic heterocycles. The molecule has 0 saturated carbocycles. The molecule has 98 valence electrons. The highest BCUT2D eigenvalue weighted by Gasteiger charge is 2.32. The van der Waals surface area contributed by atoms with Gasteiger partial charge in [0.2, 0.25) is 0 Å². The third-order valence-corrected chi connectivity index (χ3v) is 4.56. The van der Waals surface area contributed by atoms with Gasteiger partial charge in [-0.15, -0.1) is 0 Å². The lowest BCUT2D eigenvalue weighted by Crippen LogP contribution is -2.39. The molecule has 3 rings (SSSR count). The van der Waals surface area contributed by atoms with Crippen molar-refractivity contribution in [2.24, 2.45) is 11.8 Å². The monoisotopic (exact) mass is 268 g/mol. The van der Waals surface area contributed by atoms with Crippen LogP contribution in [0.15, 0.2) is 18.2 Å². The van der Waals surface area contributed by atoms with Crippen molar-refractivity contribution < 1.29 is 4.39 Å². The molecule has 0 bridgehead atoms. The van der Waals surface area contributed by atoms with Crippen molar-refractivity contribution in [3.8, 4) is 0 Å². The molecule has 2 aliphatic heterocycles. The Kier molecular flexibility index (Phi) is 3.55. The van der Waals surface area contributed by atoms with Crippen LogP contribution in [0.3, 0.4) is 0 Å². The van der Waals surface area contributed by atoms with Crippen LogP contribution in [0.25, 0.3) is 0 Å². The van der Waals surface area contributed by atoms with Crippen LogP contribution in [-0.2, 0) is 6.54 Å². The van der Waals surface area contributed by atoms with E-state index in [0.29, 0.717) is 5.02 Å². The van der Waals surface area contributed by atoms with Gasteiger partial charge >= 0.3 is 0 Å². The Bertz CT molecular complexity index is 438. The van der Waals surface area contributed by atoms with Crippen LogP contribution in [0.4, 0.5) is 4.39 Å². The number of rotatable bonds is 2. The highest BCUT2D eigenvalue weighted by atomic mass is 35.5. The molecular weight excluding hydrogens is 251 g/mol. The van der Waals surface area contributed by atoms with Gasteiger partial charge in [0.15, 0.2) is 0 Å². The molecule has 2 heterocycles. The summed E-state index contributed by atoms with van der Waals surface area (Å²) < 4.78 is 13.2.